The molecule has 1 atom stereocenters. The monoisotopic (exact) mass is 761 g/mol. The molecule has 4 rings (SSSR count). The van der Waals surface area contributed by atoms with Gasteiger partial charge in [-0.2, -0.15) is 8.42 Å². The van der Waals surface area contributed by atoms with Crippen LogP contribution in [-0.2, 0) is 29.7 Å². The number of anilines is 2. The Kier molecular flexibility index (Phi) is 14.0. The van der Waals surface area contributed by atoms with Crippen molar-refractivity contribution in [3.63, 3.8) is 0 Å². The molecule has 278 valence electrons. The molecule has 0 saturated carbocycles. The second-order valence-electron chi connectivity index (χ2n) is 12.7. The summed E-state index contributed by atoms with van der Waals surface area (Å²) in [4.78, 5) is 29.1. The van der Waals surface area contributed by atoms with Crippen LogP contribution in [0.25, 0.3) is 0 Å². The Hall–Kier alpha value is -3.63. The lowest BCUT2D eigenvalue weighted by Gasteiger charge is -2.37. The first kappa shape index (κ1) is 40.1. The maximum Gasteiger partial charge on any atom is 0.264 e. The maximum atomic E-state index is 14.3. The number of phenolic OH excluding ortho intramolecular Hbond substituents is 1. The Bertz CT molecular complexity index is 1860. The summed E-state index contributed by atoms with van der Waals surface area (Å²) < 4.78 is 69.0. The number of sulfonamides is 1. The normalized spacial score (nSPS) is 15.7. The van der Waals surface area contributed by atoms with Crippen molar-refractivity contribution in [2.24, 2.45) is 0 Å². The van der Waals surface area contributed by atoms with E-state index in [9.17, 15) is 31.5 Å². The molecular formula is C36H47N3O9S3. The second kappa shape index (κ2) is 17.7. The average Bonchev–Trinajstić information content (AvgIpc) is 3.19. The maximum absolute atomic E-state index is 14.3. The number of Topliss-reactive ketones (excluding diaryl/α,β-unsaturated/α-hetero) is 1. The van der Waals surface area contributed by atoms with E-state index in [2.05, 4.69) is 23.9 Å². The van der Waals surface area contributed by atoms with Crippen LogP contribution in [0.15, 0.2) is 76.5 Å². The third-order valence-electron chi connectivity index (χ3n) is 8.76. The topological polar surface area (TPSA) is 179 Å². The van der Waals surface area contributed by atoms with Crippen LogP contribution in [0.2, 0.25) is 0 Å². The van der Waals surface area contributed by atoms with Gasteiger partial charge in [-0.1, -0.05) is 69.9 Å². The molecule has 4 N–H and O–H groups in total. The molecule has 1 aliphatic rings. The van der Waals surface area contributed by atoms with Crippen molar-refractivity contribution >= 4 is 55.0 Å². The van der Waals surface area contributed by atoms with Gasteiger partial charge in [0.15, 0.2) is 12.4 Å². The summed E-state index contributed by atoms with van der Waals surface area (Å²) in [6.45, 7) is 4.03. The molecule has 0 unspecified atom stereocenters. The predicted octanol–water partition coefficient (Wildman–Crippen LogP) is 6.14. The van der Waals surface area contributed by atoms with Gasteiger partial charge in [-0.25, -0.2) is 13.1 Å². The number of ether oxygens (including phenoxy) is 1. The molecule has 1 heterocycles. The molecule has 12 nitrogen and oxygen atoms in total. The lowest BCUT2D eigenvalue weighted by molar-refractivity contribution is -0.129. The van der Waals surface area contributed by atoms with Gasteiger partial charge < -0.3 is 20.1 Å². The van der Waals surface area contributed by atoms with Crippen LogP contribution in [0, 0.1) is 0 Å². The quantitative estimate of drug-likeness (QED) is 0.0865. The zero-order chi connectivity index (χ0) is 37.2. The van der Waals surface area contributed by atoms with Gasteiger partial charge in [0.2, 0.25) is 10.0 Å². The molecule has 0 fully saturated rings. The van der Waals surface area contributed by atoms with Crippen LogP contribution in [0.5, 0.6) is 11.5 Å². The van der Waals surface area contributed by atoms with Gasteiger partial charge in [-0.05, 0) is 61.4 Å². The summed E-state index contributed by atoms with van der Waals surface area (Å²) in [5, 5.41) is 12.4. The van der Waals surface area contributed by atoms with Gasteiger partial charge in [0.25, 0.3) is 16.0 Å². The molecule has 0 aromatic heterocycles. The standard InChI is InChI=1S/C36H47N3O9S3/c1-4-6-19-36(20-7-5-2)25-39(27-12-9-8-10-13-27)29-22-32(49-3)31(23-33(29)51(46,47)38-36)48-24-34(42)37-35(26-15-17-28(40)18-16-26)30(41)14-11-21-50(43,44)45/h8-10,12-13,15-18,22-23,35,38,40H,4-7,11,14,19-21,24-25H2,1-3H3,(H,37,42)(H,43,44,45)/t35-/m1/s1. The Morgan fingerprint density at radius 1 is 1.02 bits per heavy atom. The number of carbonyl (C=O) groups excluding carboxylic acids is 2. The van der Waals surface area contributed by atoms with E-state index < -0.39 is 55.8 Å². The second-order valence-corrected chi connectivity index (χ2v) is 16.8. The van der Waals surface area contributed by atoms with E-state index in [1.807, 2.05) is 41.5 Å². The van der Waals surface area contributed by atoms with E-state index in [4.69, 9.17) is 9.29 Å². The molecule has 0 saturated heterocycles. The van der Waals surface area contributed by atoms with Crippen molar-refractivity contribution in [2.45, 2.75) is 86.6 Å². The number of amides is 1. The van der Waals surface area contributed by atoms with Crippen LogP contribution in [0.1, 0.15) is 76.8 Å². The van der Waals surface area contributed by atoms with E-state index in [1.54, 1.807) is 6.07 Å². The number of para-hydroxylation sites is 1. The highest BCUT2D eigenvalue weighted by atomic mass is 32.2. The molecule has 0 bridgehead atoms. The molecule has 1 amide bonds. The number of phenols is 1. The lowest BCUT2D eigenvalue weighted by Crippen LogP contribution is -2.53. The fourth-order valence-electron chi connectivity index (χ4n) is 6.18. The van der Waals surface area contributed by atoms with Crippen LogP contribution >= 0.6 is 11.8 Å². The molecular weight excluding hydrogens is 715 g/mol. The third-order valence-corrected chi connectivity index (χ3v) is 11.9. The van der Waals surface area contributed by atoms with Crippen LogP contribution in [-0.4, -0.2) is 68.9 Å². The van der Waals surface area contributed by atoms with Crippen molar-refractivity contribution in [3.8, 4) is 11.5 Å². The Morgan fingerprint density at radius 3 is 2.25 bits per heavy atom. The summed E-state index contributed by atoms with van der Waals surface area (Å²) in [6.07, 6.45) is 6.25. The number of carbonyl (C=O) groups is 2. The fourth-order valence-corrected chi connectivity index (χ4v) is 8.89. The number of nitrogens with zero attached hydrogens (tertiary/aromatic N) is 1. The summed E-state index contributed by atoms with van der Waals surface area (Å²) >= 11 is 1.33. The molecule has 0 aliphatic carbocycles. The van der Waals surface area contributed by atoms with Gasteiger partial charge in [-0.15, -0.1) is 11.8 Å². The van der Waals surface area contributed by atoms with E-state index in [-0.39, 0.29) is 29.2 Å². The highest BCUT2D eigenvalue weighted by molar-refractivity contribution is 7.98. The van der Waals surface area contributed by atoms with Crippen molar-refractivity contribution in [1.29, 1.82) is 0 Å². The number of benzene rings is 3. The van der Waals surface area contributed by atoms with Crippen molar-refractivity contribution < 1.29 is 40.8 Å². The molecule has 15 heteroatoms. The van der Waals surface area contributed by atoms with Gasteiger partial charge >= 0.3 is 0 Å². The predicted molar refractivity (Wildman–Crippen MR) is 199 cm³/mol. The van der Waals surface area contributed by atoms with Crippen molar-refractivity contribution in [1.82, 2.24) is 10.0 Å². The number of hydrogen-bond donors (Lipinski definition) is 4. The van der Waals surface area contributed by atoms with Gasteiger partial charge in [0.05, 0.1) is 21.9 Å². The van der Waals surface area contributed by atoms with E-state index in [1.165, 1.54) is 42.1 Å². The zero-order valence-corrected chi connectivity index (χ0v) is 31.6. The minimum absolute atomic E-state index is 0.0189. The number of ketones is 1. The number of hydrogen-bond acceptors (Lipinski definition) is 10. The van der Waals surface area contributed by atoms with E-state index in [0.29, 0.717) is 35.5 Å². The molecule has 0 radical (unpaired) electrons. The molecule has 3 aromatic rings. The van der Waals surface area contributed by atoms with Crippen molar-refractivity contribution in [3.05, 3.63) is 72.3 Å². The number of aromatic hydroxyl groups is 1. The first-order chi connectivity index (χ1) is 24.2. The van der Waals surface area contributed by atoms with E-state index >= 15 is 0 Å². The average molecular weight is 762 g/mol. The van der Waals surface area contributed by atoms with Crippen LogP contribution in [0.4, 0.5) is 11.4 Å². The zero-order valence-electron chi connectivity index (χ0n) is 29.1. The molecule has 3 aromatic carbocycles. The van der Waals surface area contributed by atoms with Gasteiger partial charge in [0, 0.05) is 24.7 Å². The smallest absolute Gasteiger partial charge is 0.264 e. The molecule has 0 spiro atoms. The number of unbranched alkanes of at least 4 members (excludes halogenated alkanes) is 2. The highest BCUT2D eigenvalue weighted by Crippen LogP contribution is 2.44. The minimum Gasteiger partial charge on any atom is -0.508 e. The third kappa shape index (κ3) is 10.9. The fraction of sp³-hybridized carbons (Fsp3) is 0.444. The Labute approximate surface area is 305 Å². The largest absolute Gasteiger partial charge is 0.508 e. The van der Waals surface area contributed by atoms with Crippen LogP contribution in [0.3, 0.4) is 0 Å². The van der Waals surface area contributed by atoms with Gasteiger partial charge in [0.1, 0.15) is 22.4 Å². The molecule has 1 aliphatic heterocycles. The number of nitrogens with one attached hydrogen (secondary N) is 2. The summed E-state index contributed by atoms with van der Waals surface area (Å²) in [5.74, 6) is -1.71. The summed E-state index contributed by atoms with van der Waals surface area (Å²) in [7, 11) is -8.35. The number of rotatable bonds is 18. The Balaban J connectivity index is 1.66. The number of thioether (sulfide) groups is 1. The highest BCUT2D eigenvalue weighted by Gasteiger charge is 2.42. The minimum atomic E-state index is -4.28. The van der Waals surface area contributed by atoms with Gasteiger partial charge in [-0.3, -0.25) is 14.1 Å². The lowest BCUT2D eigenvalue weighted by atomic mass is 9.87. The first-order valence-corrected chi connectivity index (χ1v) is 21.3. The SMILES string of the molecule is CCCCC1(CCCC)CN(c2ccccc2)c2cc(SC)c(OCC(=O)N[C@@H](C(=O)CCCS(=O)(=O)O)c3ccc(O)cc3)cc2S(=O)(=O)N1. The first-order valence-electron chi connectivity index (χ1n) is 17.0. The van der Waals surface area contributed by atoms with Crippen molar-refractivity contribution in [2.75, 3.05) is 30.1 Å². The Morgan fingerprint density at radius 2 is 1.67 bits per heavy atom. The molecule has 51 heavy (non-hydrogen) atoms. The van der Waals surface area contributed by atoms with E-state index in [0.717, 1.165) is 31.4 Å². The number of fused-ring (bicyclic) bond motifs is 1. The summed E-state index contributed by atoms with van der Waals surface area (Å²) in [5.41, 5.74) is 0.960. The van der Waals surface area contributed by atoms with Crippen LogP contribution < -0.4 is 19.7 Å². The summed E-state index contributed by atoms with van der Waals surface area (Å²) in [6, 6.07) is 17.3.